The van der Waals surface area contributed by atoms with Crippen LogP contribution >= 0.6 is 0 Å². The molecule has 0 aliphatic heterocycles. The lowest BCUT2D eigenvalue weighted by Gasteiger charge is -2.25. The molecule has 2 bridgehead atoms. The van der Waals surface area contributed by atoms with Crippen LogP contribution in [0.25, 0.3) is 10.8 Å². The minimum absolute atomic E-state index is 0.0724. The number of Topliss-reactive ketones (excluding diaryl/α,β-unsaturated/α-hetero) is 1. The molecule has 4 rings (SSSR count). The molecule has 124 valence electrons. The van der Waals surface area contributed by atoms with Crippen molar-refractivity contribution >= 4 is 22.5 Å². The van der Waals surface area contributed by atoms with Crippen LogP contribution in [0.2, 0.25) is 0 Å². The van der Waals surface area contributed by atoms with Gasteiger partial charge in [-0.2, -0.15) is 0 Å². The number of benzene rings is 2. The van der Waals surface area contributed by atoms with Gasteiger partial charge in [-0.05, 0) is 42.0 Å². The third kappa shape index (κ3) is 2.95. The first-order valence-corrected chi connectivity index (χ1v) is 8.89. The van der Waals surface area contributed by atoms with Crippen LogP contribution in [0.1, 0.15) is 31.2 Å². The highest BCUT2D eigenvalue weighted by molar-refractivity contribution is 5.88. The average molecular weight is 322 g/mol. The summed E-state index contributed by atoms with van der Waals surface area (Å²) in [6, 6.07) is 14.6. The van der Waals surface area contributed by atoms with Crippen molar-refractivity contribution in [2.75, 3.05) is 6.61 Å². The van der Waals surface area contributed by atoms with Gasteiger partial charge in [0.1, 0.15) is 5.78 Å². The molecule has 0 amide bonds. The van der Waals surface area contributed by atoms with Crippen molar-refractivity contribution in [2.45, 2.75) is 32.1 Å². The molecule has 0 spiro atoms. The lowest BCUT2D eigenvalue weighted by atomic mass is 9.80. The molecule has 3 nitrogen and oxygen atoms in total. The zero-order valence-corrected chi connectivity index (χ0v) is 13.7. The van der Waals surface area contributed by atoms with Gasteiger partial charge in [-0.25, -0.2) is 0 Å². The molecule has 2 aromatic rings. The molecule has 2 fully saturated rings. The SMILES string of the molecule is O=C(OCCc1ccc2ccccc2c1)C1C[C@H]2CC[C@@H](C1)C2=O. The monoisotopic (exact) mass is 322 g/mol. The van der Waals surface area contributed by atoms with Crippen LogP contribution in [0.4, 0.5) is 0 Å². The number of carbonyl (C=O) groups excluding carboxylic acids is 2. The van der Waals surface area contributed by atoms with Gasteiger partial charge in [0.2, 0.25) is 0 Å². The number of ketones is 1. The lowest BCUT2D eigenvalue weighted by Crippen LogP contribution is -2.31. The summed E-state index contributed by atoms with van der Waals surface area (Å²) in [6.07, 6.45) is 4.05. The van der Waals surface area contributed by atoms with E-state index in [4.69, 9.17) is 4.74 Å². The summed E-state index contributed by atoms with van der Waals surface area (Å²) in [4.78, 5) is 24.2. The minimum Gasteiger partial charge on any atom is -0.465 e. The summed E-state index contributed by atoms with van der Waals surface area (Å²) in [5, 5.41) is 2.43. The van der Waals surface area contributed by atoms with Crippen LogP contribution in [-0.2, 0) is 20.7 Å². The van der Waals surface area contributed by atoms with Crippen molar-refractivity contribution in [1.82, 2.24) is 0 Å². The zero-order valence-electron chi connectivity index (χ0n) is 13.7. The van der Waals surface area contributed by atoms with E-state index in [-0.39, 0.29) is 23.7 Å². The molecule has 1 unspecified atom stereocenters. The number of hydrogen-bond donors (Lipinski definition) is 0. The first-order valence-electron chi connectivity index (χ1n) is 8.89. The lowest BCUT2D eigenvalue weighted by molar-refractivity contribution is -0.151. The Labute approximate surface area is 142 Å². The van der Waals surface area contributed by atoms with Crippen LogP contribution in [0.3, 0.4) is 0 Å². The predicted molar refractivity (Wildman–Crippen MR) is 92.6 cm³/mol. The maximum Gasteiger partial charge on any atom is 0.308 e. The van der Waals surface area contributed by atoms with Crippen molar-refractivity contribution in [2.24, 2.45) is 17.8 Å². The Bertz CT molecular complexity index is 764. The van der Waals surface area contributed by atoms with Gasteiger partial charge in [0.05, 0.1) is 12.5 Å². The second-order valence-corrected chi connectivity index (χ2v) is 7.14. The number of carbonyl (C=O) groups is 2. The van der Waals surface area contributed by atoms with Gasteiger partial charge < -0.3 is 4.74 Å². The standard InChI is InChI=1S/C21H22O3/c22-20-17-7-8-18(20)13-19(12-17)21(23)24-10-9-14-5-6-15-3-1-2-4-16(15)11-14/h1-6,11,17-19H,7-10,12-13H2/t17-,18+,19?. The second kappa shape index (κ2) is 6.39. The molecule has 24 heavy (non-hydrogen) atoms. The number of esters is 1. The fourth-order valence-electron chi connectivity index (χ4n) is 4.25. The van der Waals surface area contributed by atoms with Crippen LogP contribution in [-0.4, -0.2) is 18.4 Å². The van der Waals surface area contributed by atoms with Gasteiger partial charge in [-0.3, -0.25) is 9.59 Å². The molecule has 0 aromatic heterocycles. The Morgan fingerprint density at radius 2 is 1.71 bits per heavy atom. The zero-order chi connectivity index (χ0) is 16.5. The van der Waals surface area contributed by atoms with Gasteiger partial charge in [0.15, 0.2) is 0 Å². The molecular weight excluding hydrogens is 300 g/mol. The summed E-state index contributed by atoms with van der Waals surface area (Å²) < 4.78 is 5.51. The predicted octanol–water partition coefficient (Wildman–Crippen LogP) is 3.93. The van der Waals surface area contributed by atoms with Crippen molar-refractivity contribution in [3.63, 3.8) is 0 Å². The van der Waals surface area contributed by atoms with Crippen LogP contribution in [0, 0.1) is 17.8 Å². The molecule has 0 saturated heterocycles. The first-order chi connectivity index (χ1) is 11.7. The molecule has 2 aliphatic rings. The van der Waals surface area contributed by atoms with Crippen LogP contribution < -0.4 is 0 Å². The molecular formula is C21H22O3. The van der Waals surface area contributed by atoms with Gasteiger partial charge in [-0.15, -0.1) is 0 Å². The van der Waals surface area contributed by atoms with E-state index in [1.165, 1.54) is 16.3 Å². The molecule has 3 atom stereocenters. The van der Waals surface area contributed by atoms with E-state index in [1.54, 1.807) is 0 Å². The Kier molecular flexibility index (Phi) is 4.09. The Morgan fingerprint density at radius 3 is 2.46 bits per heavy atom. The summed E-state index contributed by atoms with van der Waals surface area (Å²) in [6.45, 7) is 0.414. The van der Waals surface area contributed by atoms with E-state index < -0.39 is 0 Å². The molecule has 2 aromatic carbocycles. The third-order valence-corrected chi connectivity index (χ3v) is 5.59. The van der Waals surface area contributed by atoms with Crippen molar-refractivity contribution in [1.29, 1.82) is 0 Å². The number of ether oxygens (including phenoxy) is 1. The van der Waals surface area contributed by atoms with Crippen molar-refractivity contribution in [3.8, 4) is 0 Å². The largest absolute Gasteiger partial charge is 0.465 e. The van der Waals surface area contributed by atoms with E-state index in [1.807, 2.05) is 12.1 Å². The summed E-state index contributed by atoms with van der Waals surface area (Å²) >= 11 is 0. The smallest absolute Gasteiger partial charge is 0.308 e. The summed E-state index contributed by atoms with van der Waals surface area (Å²) in [7, 11) is 0. The Balaban J connectivity index is 1.32. The highest BCUT2D eigenvalue weighted by Gasteiger charge is 2.44. The minimum atomic E-state index is -0.111. The first kappa shape index (κ1) is 15.4. The molecule has 2 saturated carbocycles. The highest BCUT2D eigenvalue weighted by atomic mass is 16.5. The van der Waals surface area contributed by atoms with Crippen molar-refractivity contribution in [3.05, 3.63) is 48.0 Å². The number of fused-ring (bicyclic) bond motifs is 3. The number of hydrogen-bond acceptors (Lipinski definition) is 3. The van der Waals surface area contributed by atoms with Gasteiger partial charge in [0.25, 0.3) is 0 Å². The second-order valence-electron chi connectivity index (χ2n) is 7.14. The molecule has 0 radical (unpaired) electrons. The van der Waals surface area contributed by atoms with Crippen LogP contribution in [0.5, 0.6) is 0 Å². The molecule has 0 heterocycles. The van der Waals surface area contributed by atoms with E-state index in [2.05, 4.69) is 30.3 Å². The molecule has 0 N–H and O–H groups in total. The van der Waals surface area contributed by atoms with E-state index in [9.17, 15) is 9.59 Å². The maximum atomic E-state index is 12.3. The van der Waals surface area contributed by atoms with E-state index in [0.29, 0.717) is 25.2 Å². The van der Waals surface area contributed by atoms with Gasteiger partial charge in [0, 0.05) is 18.3 Å². The van der Waals surface area contributed by atoms with E-state index in [0.717, 1.165) is 19.3 Å². The normalized spacial score (nSPS) is 25.8. The maximum absolute atomic E-state index is 12.3. The topological polar surface area (TPSA) is 43.4 Å². The quantitative estimate of drug-likeness (QED) is 0.801. The molecule has 2 aliphatic carbocycles. The molecule has 3 heteroatoms. The summed E-state index contributed by atoms with van der Waals surface area (Å²) in [5.74, 6) is 0.427. The summed E-state index contributed by atoms with van der Waals surface area (Å²) in [5.41, 5.74) is 1.18. The third-order valence-electron chi connectivity index (χ3n) is 5.59. The fourth-order valence-corrected chi connectivity index (χ4v) is 4.25. The fraction of sp³-hybridized carbons (Fsp3) is 0.429. The number of rotatable bonds is 4. The van der Waals surface area contributed by atoms with Crippen molar-refractivity contribution < 1.29 is 14.3 Å². The highest BCUT2D eigenvalue weighted by Crippen LogP contribution is 2.42. The van der Waals surface area contributed by atoms with E-state index >= 15 is 0 Å². The Morgan fingerprint density at radius 1 is 1.00 bits per heavy atom. The van der Waals surface area contributed by atoms with Crippen LogP contribution in [0.15, 0.2) is 42.5 Å². The van der Waals surface area contributed by atoms with Gasteiger partial charge in [-0.1, -0.05) is 42.5 Å². The van der Waals surface area contributed by atoms with Gasteiger partial charge >= 0.3 is 5.97 Å². The average Bonchev–Trinajstić information content (AvgIpc) is 2.82. The Hall–Kier alpha value is -2.16.